The highest BCUT2D eigenvalue weighted by Crippen LogP contribution is 2.35. The molecule has 0 amide bonds. The molecule has 0 fully saturated rings. The molecule has 2 heteroatoms. The SMILES string of the molecule is CCCCOC1=CC=CC(C)(S)C1C. The Morgan fingerprint density at radius 2 is 2.29 bits per heavy atom. The van der Waals surface area contributed by atoms with Gasteiger partial charge in [0.2, 0.25) is 0 Å². The molecule has 14 heavy (non-hydrogen) atoms. The van der Waals surface area contributed by atoms with Crippen molar-refractivity contribution < 1.29 is 4.74 Å². The third-order valence-corrected chi connectivity index (χ3v) is 3.30. The van der Waals surface area contributed by atoms with Gasteiger partial charge >= 0.3 is 0 Å². The fourth-order valence-electron chi connectivity index (χ4n) is 1.42. The smallest absolute Gasteiger partial charge is 0.100 e. The summed E-state index contributed by atoms with van der Waals surface area (Å²) in [6.45, 7) is 7.27. The molecule has 0 heterocycles. The Labute approximate surface area is 92.6 Å². The molecule has 0 aromatic carbocycles. The zero-order chi connectivity index (χ0) is 10.6. The third kappa shape index (κ3) is 2.81. The molecule has 0 radical (unpaired) electrons. The minimum absolute atomic E-state index is 0.0731. The fraction of sp³-hybridized carbons (Fsp3) is 0.667. The van der Waals surface area contributed by atoms with Crippen molar-refractivity contribution >= 4 is 12.6 Å². The molecular weight excluding hydrogens is 192 g/mol. The molecule has 80 valence electrons. The molecule has 0 bridgehead atoms. The quantitative estimate of drug-likeness (QED) is 0.553. The Kier molecular flexibility index (Phi) is 4.11. The van der Waals surface area contributed by atoms with Crippen LogP contribution in [0.2, 0.25) is 0 Å². The second-order valence-electron chi connectivity index (χ2n) is 4.08. The molecule has 0 aliphatic heterocycles. The highest BCUT2D eigenvalue weighted by Gasteiger charge is 2.30. The van der Waals surface area contributed by atoms with Gasteiger partial charge in [-0.3, -0.25) is 0 Å². The van der Waals surface area contributed by atoms with Crippen LogP contribution in [-0.4, -0.2) is 11.4 Å². The van der Waals surface area contributed by atoms with Crippen molar-refractivity contribution in [3.8, 4) is 0 Å². The average molecular weight is 212 g/mol. The number of rotatable bonds is 4. The van der Waals surface area contributed by atoms with Gasteiger partial charge in [-0.05, 0) is 19.4 Å². The predicted octanol–water partition coefficient (Wildman–Crippen LogP) is 3.58. The summed E-state index contributed by atoms with van der Waals surface area (Å²) in [4.78, 5) is 0. The minimum atomic E-state index is -0.0731. The minimum Gasteiger partial charge on any atom is -0.498 e. The van der Waals surface area contributed by atoms with Crippen LogP contribution in [-0.2, 0) is 4.74 Å². The van der Waals surface area contributed by atoms with Gasteiger partial charge in [0, 0.05) is 10.7 Å². The van der Waals surface area contributed by atoms with E-state index in [-0.39, 0.29) is 4.75 Å². The van der Waals surface area contributed by atoms with E-state index < -0.39 is 0 Å². The molecular formula is C12H20OS. The summed E-state index contributed by atoms with van der Waals surface area (Å²) in [6.07, 6.45) is 8.51. The van der Waals surface area contributed by atoms with Gasteiger partial charge in [-0.25, -0.2) is 0 Å². The van der Waals surface area contributed by atoms with Gasteiger partial charge in [0.1, 0.15) is 5.76 Å². The molecule has 0 saturated heterocycles. The molecule has 0 aromatic rings. The van der Waals surface area contributed by atoms with Crippen molar-refractivity contribution in [3.05, 3.63) is 24.0 Å². The first kappa shape index (κ1) is 11.7. The number of thiol groups is 1. The maximum atomic E-state index is 5.73. The standard InChI is InChI=1S/C12H20OS/c1-4-5-9-13-11-7-6-8-12(3,14)10(11)2/h6-8,10,14H,4-5,9H2,1-3H3. The van der Waals surface area contributed by atoms with Gasteiger partial charge in [-0.1, -0.05) is 32.4 Å². The van der Waals surface area contributed by atoms with E-state index in [4.69, 9.17) is 4.74 Å². The van der Waals surface area contributed by atoms with Crippen LogP contribution < -0.4 is 0 Å². The van der Waals surface area contributed by atoms with Crippen molar-refractivity contribution in [1.82, 2.24) is 0 Å². The average Bonchev–Trinajstić information content (AvgIpc) is 2.13. The molecule has 2 unspecified atom stereocenters. The Bertz CT molecular complexity index is 241. The molecule has 0 saturated carbocycles. The van der Waals surface area contributed by atoms with Gasteiger partial charge in [0.15, 0.2) is 0 Å². The lowest BCUT2D eigenvalue weighted by atomic mass is 9.89. The van der Waals surface area contributed by atoms with Crippen molar-refractivity contribution in [2.75, 3.05) is 6.61 Å². The van der Waals surface area contributed by atoms with E-state index >= 15 is 0 Å². The Hall–Kier alpha value is -0.370. The van der Waals surface area contributed by atoms with Gasteiger partial charge < -0.3 is 4.74 Å². The number of allylic oxidation sites excluding steroid dienone is 3. The van der Waals surface area contributed by atoms with E-state index in [1.807, 2.05) is 6.08 Å². The number of ether oxygens (including phenoxy) is 1. The number of hydrogen-bond acceptors (Lipinski definition) is 2. The van der Waals surface area contributed by atoms with Crippen LogP contribution in [0.25, 0.3) is 0 Å². The van der Waals surface area contributed by atoms with Gasteiger partial charge in [0.25, 0.3) is 0 Å². The first-order valence-corrected chi connectivity index (χ1v) is 5.77. The number of unbranched alkanes of at least 4 members (excludes halogenated alkanes) is 1. The van der Waals surface area contributed by atoms with Crippen LogP contribution in [0, 0.1) is 5.92 Å². The van der Waals surface area contributed by atoms with Gasteiger partial charge in [-0.2, -0.15) is 12.6 Å². The van der Waals surface area contributed by atoms with Crippen LogP contribution >= 0.6 is 12.6 Å². The van der Waals surface area contributed by atoms with E-state index in [2.05, 4.69) is 45.6 Å². The molecule has 1 nitrogen and oxygen atoms in total. The molecule has 2 atom stereocenters. The zero-order valence-electron chi connectivity index (χ0n) is 9.29. The molecule has 1 aliphatic carbocycles. The largest absolute Gasteiger partial charge is 0.498 e. The summed E-state index contributed by atoms with van der Waals surface area (Å²) in [7, 11) is 0. The van der Waals surface area contributed by atoms with Crippen LogP contribution in [0.15, 0.2) is 24.0 Å². The lowest BCUT2D eigenvalue weighted by molar-refractivity contribution is 0.170. The summed E-state index contributed by atoms with van der Waals surface area (Å²) >= 11 is 4.61. The van der Waals surface area contributed by atoms with E-state index in [0.29, 0.717) is 5.92 Å². The third-order valence-electron chi connectivity index (χ3n) is 2.76. The Morgan fingerprint density at radius 3 is 2.93 bits per heavy atom. The first-order chi connectivity index (χ1) is 6.58. The van der Waals surface area contributed by atoms with Gasteiger partial charge in [-0.15, -0.1) is 0 Å². The highest BCUT2D eigenvalue weighted by molar-refractivity contribution is 7.82. The molecule has 0 spiro atoms. The molecule has 0 N–H and O–H groups in total. The van der Waals surface area contributed by atoms with Crippen LogP contribution in [0.5, 0.6) is 0 Å². The van der Waals surface area contributed by atoms with E-state index in [1.165, 1.54) is 6.42 Å². The van der Waals surface area contributed by atoms with Crippen LogP contribution in [0.3, 0.4) is 0 Å². The number of hydrogen-bond donors (Lipinski definition) is 1. The maximum absolute atomic E-state index is 5.73. The van der Waals surface area contributed by atoms with Crippen LogP contribution in [0.4, 0.5) is 0 Å². The molecule has 1 rings (SSSR count). The zero-order valence-corrected chi connectivity index (χ0v) is 10.2. The topological polar surface area (TPSA) is 9.23 Å². The summed E-state index contributed by atoms with van der Waals surface area (Å²) in [5, 5.41) is 0. The Morgan fingerprint density at radius 1 is 1.57 bits per heavy atom. The lowest BCUT2D eigenvalue weighted by Gasteiger charge is -2.31. The Balaban J connectivity index is 2.52. The normalized spacial score (nSPS) is 31.4. The lowest BCUT2D eigenvalue weighted by Crippen LogP contribution is -2.28. The van der Waals surface area contributed by atoms with E-state index in [1.54, 1.807) is 0 Å². The second kappa shape index (κ2) is 4.92. The van der Waals surface area contributed by atoms with E-state index in [0.717, 1.165) is 18.8 Å². The van der Waals surface area contributed by atoms with Crippen molar-refractivity contribution in [3.63, 3.8) is 0 Å². The first-order valence-electron chi connectivity index (χ1n) is 5.32. The van der Waals surface area contributed by atoms with E-state index in [9.17, 15) is 0 Å². The monoisotopic (exact) mass is 212 g/mol. The molecule has 0 aromatic heterocycles. The molecule has 1 aliphatic rings. The van der Waals surface area contributed by atoms with Crippen molar-refractivity contribution in [2.24, 2.45) is 5.92 Å². The summed E-state index contributed by atoms with van der Waals surface area (Å²) < 4.78 is 5.66. The second-order valence-corrected chi connectivity index (χ2v) is 5.04. The van der Waals surface area contributed by atoms with Gasteiger partial charge in [0.05, 0.1) is 6.61 Å². The van der Waals surface area contributed by atoms with Crippen molar-refractivity contribution in [1.29, 1.82) is 0 Å². The summed E-state index contributed by atoms with van der Waals surface area (Å²) in [6, 6.07) is 0. The summed E-state index contributed by atoms with van der Waals surface area (Å²) in [5.41, 5.74) is 0. The highest BCUT2D eigenvalue weighted by atomic mass is 32.1. The van der Waals surface area contributed by atoms with Crippen LogP contribution in [0.1, 0.15) is 33.6 Å². The summed E-state index contributed by atoms with van der Waals surface area (Å²) in [5.74, 6) is 1.42. The predicted molar refractivity (Wildman–Crippen MR) is 64.6 cm³/mol. The van der Waals surface area contributed by atoms with Crippen molar-refractivity contribution in [2.45, 2.75) is 38.4 Å². The fourth-order valence-corrected chi connectivity index (χ4v) is 1.64. The maximum Gasteiger partial charge on any atom is 0.100 e.